The zero-order valence-electron chi connectivity index (χ0n) is 28.5. The zero-order chi connectivity index (χ0) is 30.7. The first-order chi connectivity index (χ1) is 21.0. The minimum absolute atomic E-state index is 0.414. The SMILES string of the molecule is CCC[CH2][Sn]([CH2]CCC)([CH2]CCC)[c]1cc2c(s1)c1s[c]([Sn]([CH2]CCC)([CH2]CCC)[CH2]CCC)cc1p2-c1ccccc1. The molecule has 0 nitrogen and oxygen atoms in total. The van der Waals surface area contributed by atoms with Gasteiger partial charge in [-0.3, -0.25) is 0 Å². The van der Waals surface area contributed by atoms with Crippen LogP contribution in [0.25, 0.3) is 24.9 Å². The van der Waals surface area contributed by atoms with Gasteiger partial charge in [0.05, 0.1) is 0 Å². The Labute approximate surface area is 282 Å². The van der Waals surface area contributed by atoms with E-state index in [1.807, 2.05) is 5.79 Å². The molecule has 0 unspecified atom stereocenters. The standard InChI is InChI=1S/C14H7PS2.6C4H9.2Sn/c1-2-4-10(5-3-1)15-11-6-8-16-13(11)14-12(15)7-9-17-14;6*1-3-4-2;;/h1-7H;6*1,3-4H2,2H3;;. The summed E-state index contributed by atoms with van der Waals surface area (Å²) in [6.45, 7) is 14.5. The van der Waals surface area contributed by atoms with E-state index in [0.717, 1.165) is 0 Å². The van der Waals surface area contributed by atoms with Crippen LogP contribution in [0.4, 0.5) is 0 Å². The van der Waals surface area contributed by atoms with Gasteiger partial charge in [-0.1, -0.05) is 0 Å². The van der Waals surface area contributed by atoms with Gasteiger partial charge in [0, 0.05) is 0 Å². The van der Waals surface area contributed by atoms with Gasteiger partial charge in [-0.15, -0.1) is 0 Å². The molecular formula is C38H61PS2Sn2. The third-order valence-corrected chi connectivity index (χ3v) is 51.9. The molecule has 3 heterocycles. The second-order valence-electron chi connectivity index (χ2n) is 13.5. The van der Waals surface area contributed by atoms with Crippen LogP contribution in [-0.2, 0) is 0 Å². The van der Waals surface area contributed by atoms with E-state index in [1.54, 1.807) is 51.6 Å². The van der Waals surface area contributed by atoms with Crippen molar-refractivity contribution < 1.29 is 0 Å². The van der Waals surface area contributed by atoms with Crippen LogP contribution in [0.2, 0.25) is 26.6 Å². The molecule has 43 heavy (non-hydrogen) atoms. The first-order valence-electron chi connectivity index (χ1n) is 18.2. The van der Waals surface area contributed by atoms with E-state index in [2.05, 4.69) is 107 Å². The van der Waals surface area contributed by atoms with Crippen LogP contribution in [-0.4, -0.2) is 36.8 Å². The van der Waals surface area contributed by atoms with Crippen molar-refractivity contribution in [2.24, 2.45) is 0 Å². The fraction of sp³-hybridized carbons (Fsp3) is 0.632. The Kier molecular flexibility index (Phi) is 15.4. The van der Waals surface area contributed by atoms with Crippen LogP contribution < -0.4 is 5.79 Å². The monoisotopic (exact) mass is 852 g/mol. The summed E-state index contributed by atoms with van der Waals surface area (Å²) in [6.07, 6.45) is 16.9. The van der Waals surface area contributed by atoms with Crippen molar-refractivity contribution >= 4 is 92.4 Å². The maximum absolute atomic E-state index is 2.87. The molecule has 238 valence electrons. The van der Waals surface area contributed by atoms with Crippen molar-refractivity contribution in [1.29, 1.82) is 0 Å². The second kappa shape index (κ2) is 18.2. The van der Waals surface area contributed by atoms with Gasteiger partial charge in [-0.25, -0.2) is 0 Å². The van der Waals surface area contributed by atoms with Gasteiger partial charge in [0.15, 0.2) is 0 Å². The summed E-state index contributed by atoms with van der Waals surface area (Å²) in [7, 11) is -0.414. The normalized spacial score (nSPS) is 12.7. The number of unbranched alkanes of at least 4 members (excludes halogenated alkanes) is 6. The molecule has 0 amide bonds. The van der Waals surface area contributed by atoms with E-state index in [4.69, 9.17) is 0 Å². The van der Waals surface area contributed by atoms with Crippen LogP contribution in [0.3, 0.4) is 0 Å². The molecule has 4 rings (SSSR count). The first-order valence-corrected chi connectivity index (χ1v) is 36.1. The summed E-state index contributed by atoms with van der Waals surface area (Å²) in [4.78, 5) is 0. The Morgan fingerprint density at radius 3 is 1.12 bits per heavy atom. The topological polar surface area (TPSA) is 0 Å². The summed E-state index contributed by atoms with van der Waals surface area (Å²) in [5.41, 5.74) is 0. The Bertz CT molecular complexity index is 1240. The van der Waals surface area contributed by atoms with Crippen LogP contribution in [0.15, 0.2) is 42.5 Å². The second-order valence-corrected chi connectivity index (χ2v) is 46.1. The fourth-order valence-electron chi connectivity index (χ4n) is 7.51. The van der Waals surface area contributed by atoms with E-state index in [9.17, 15) is 0 Å². The molecule has 0 atom stereocenters. The Hall–Kier alpha value is 0.517. The quantitative estimate of drug-likeness (QED) is 0.0733. The molecule has 0 radical (unpaired) electrons. The summed E-state index contributed by atoms with van der Waals surface area (Å²) in [5, 5.41) is 5.12. The third kappa shape index (κ3) is 8.52. The summed E-state index contributed by atoms with van der Waals surface area (Å²) in [6, 6.07) is 17.5. The van der Waals surface area contributed by atoms with E-state index in [-0.39, 0.29) is 0 Å². The van der Waals surface area contributed by atoms with E-state index in [0.29, 0.717) is 0 Å². The van der Waals surface area contributed by atoms with Crippen molar-refractivity contribution in [3.63, 3.8) is 0 Å². The van der Waals surface area contributed by atoms with Gasteiger partial charge >= 0.3 is 285 Å². The number of hydrogen-bond acceptors (Lipinski definition) is 2. The predicted octanol–water partition coefficient (Wildman–Crippen LogP) is 14.2. The Morgan fingerprint density at radius 2 is 0.814 bits per heavy atom. The van der Waals surface area contributed by atoms with Gasteiger partial charge in [0.2, 0.25) is 0 Å². The Balaban J connectivity index is 1.96. The molecule has 0 bridgehead atoms. The van der Waals surface area contributed by atoms with Crippen molar-refractivity contribution in [3.05, 3.63) is 42.5 Å². The number of thiophene rings is 2. The predicted molar refractivity (Wildman–Crippen MR) is 210 cm³/mol. The molecule has 3 aromatic heterocycles. The Morgan fingerprint density at radius 1 is 0.488 bits per heavy atom. The van der Waals surface area contributed by atoms with Crippen molar-refractivity contribution in [1.82, 2.24) is 0 Å². The van der Waals surface area contributed by atoms with Gasteiger partial charge in [-0.2, -0.15) is 0 Å². The van der Waals surface area contributed by atoms with Crippen LogP contribution >= 0.6 is 30.2 Å². The average Bonchev–Trinajstić information content (AvgIpc) is 3.73. The molecule has 0 spiro atoms. The molecule has 5 heteroatoms. The molecule has 0 aliphatic heterocycles. The van der Waals surface area contributed by atoms with E-state index in [1.165, 1.54) is 77.0 Å². The van der Waals surface area contributed by atoms with Gasteiger partial charge in [0.1, 0.15) is 0 Å². The molecule has 0 saturated carbocycles. The van der Waals surface area contributed by atoms with Crippen LogP contribution in [0.1, 0.15) is 119 Å². The molecule has 1 aromatic carbocycles. The van der Waals surface area contributed by atoms with E-state index >= 15 is 0 Å². The van der Waals surface area contributed by atoms with Gasteiger partial charge < -0.3 is 0 Å². The zero-order valence-corrected chi connectivity index (χ0v) is 36.8. The number of hydrogen-bond donors (Lipinski definition) is 0. The molecule has 0 saturated heterocycles. The van der Waals surface area contributed by atoms with E-state index < -0.39 is 44.3 Å². The molecule has 0 aliphatic carbocycles. The van der Waals surface area contributed by atoms with Gasteiger partial charge in [0.25, 0.3) is 0 Å². The van der Waals surface area contributed by atoms with Crippen LogP contribution in [0, 0.1) is 0 Å². The number of rotatable bonds is 21. The maximum atomic E-state index is 2.87. The minimum atomic E-state index is -2.48. The number of benzene rings is 1. The number of fused-ring (bicyclic) bond motifs is 3. The van der Waals surface area contributed by atoms with Crippen LogP contribution in [0.5, 0.6) is 0 Å². The molecule has 0 fully saturated rings. The third-order valence-electron chi connectivity index (χ3n) is 10.2. The molecular weight excluding hydrogens is 789 g/mol. The summed E-state index contributed by atoms with van der Waals surface area (Å²) < 4.78 is 16.9. The fourth-order valence-corrected chi connectivity index (χ4v) is 52.3. The first kappa shape index (κ1) is 36.4. The molecule has 0 N–H and O–H groups in total. The summed E-state index contributed by atoms with van der Waals surface area (Å²) >= 11 is -0.283. The summed E-state index contributed by atoms with van der Waals surface area (Å²) in [5.74, 6) is 0. The molecule has 4 aromatic rings. The average molecular weight is 850 g/mol. The van der Waals surface area contributed by atoms with Crippen molar-refractivity contribution in [2.75, 3.05) is 0 Å². The van der Waals surface area contributed by atoms with Gasteiger partial charge in [-0.05, 0) is 0 Å². The van der Waals surface area contributed by atoms with Crippen molar-refractivity contribution in [2.45, 2.75) is 145 Å². The van der Waals surface area contributed by atoms with Crippen molar-refractivity contribution in [3.8, 4) is 5.30 Å². The molecule has 0 aliphatic rings.